The Kier molecular flexibility index (Phi) is 12.8. The van der Waals surface area contributed by atoms with E-state index in [9.17, 15) is 24.0 Å². The molecule has 6 N–H and O–H groups in total. The Balaban J connectivity index is 2.19. The third-order valence-electron chi connectivity index (χ3n) is 5.95. The second kappa shape index (κ2) is 15.5. The minimum atomic E-state index is -0.912. The average molecular weight is 552 g/mol. The van der Waals surface area contributed by atoms with Gasteiger partial charge in [0.25, 0.3) is 0 Å². The molecule has 12 heteroatoms. The van der Waals surface area contributed by atoms with Gasteiger partial charge in [-0.3, -0.25) is 24.0 Å². The molecule has 0 saturated heterocycles. The smallest absolute Gasteiger partial charge is 0.243 e. The summed E-state index contributed by atoms with van der Waals surface area (Å²) >= 11 is 3.09. The Morgan fingerprint density at radius 2 is 1.70 bits per heavy atom. The van der Waals surface area contributed by atoms with Crippen LogP contribution in [0.4, 0.5) is 0 Å². The van der Waals surface area contributed by atoms with E-state index < -0.39 is 41.8 Å². The molecule has 0 spiro atoms. The molecule has 1 heterocycles. The van der Waals surface area contributed by atoms with Crippen molar-refractivity contribution < 1.29 is 24.0 Å². The van der Waals surface area contributed by atoms with Crippen LogP contribution in [0.5, 0.6) is 0 Å². The van der Waals surface area contributed by atoms with Crippen molar-refractivity contribution in [1.29, 1.82) is 0 Å². The highest BCUT2D eigenvalue weighted by molar-refractivity contribution is 7.98. The van der Waals surface area contributed by atoms with Crippen LogP contribution in [-0.4, -0.2) is 65.7 Å². The second-order valence-electron chi connectivity index (χ2n) is 9.04. The van der Waals surface area contributed by atoms with E-state index in [0.29, 0.717) is 17.9 Å². The lowest BCUT2D eigenvalue weighted by atomic mass is 9.98. The molecule has 4 atom stereocenters. The van der Waals surface area contributed by atoms with Crippen LogP contribution in [-0.2, 0) is 35.5 Å². The van der Waals surface area contributed by atoms with Gasteiger partial charge >= 0.3 is 0 Å². The van der Waals surface area contributed by atoms with Crippen molar-refractivity contribution in [2.75, 3.05) is 18.1 Å². The fourth-order valence-electron chi connectivity index (χ4n) is 3.54. The fourth-order valence-corrected chi connectivity index (χ4v) is 5.45. The van der Waals surface area contributed by atoms with Crippen molar-refractivity contribution in [3.05, 3.63) is 35.4 Å². The zero-order chi connectivity index (χ0) is 27.4. The number of carbonyl (C=O) groups is 5. The number of benzene rings is 1. The fraction of sp³-hybridized carbons (Fsp3) is 0.560. The Hall–Kier alpha value is -2.73. The summed E-state index contributed by atoms with van der Waals surface area (Å²) in [4.78, 5) is 62.2. The van der Waals surface area contributed by atoms with E-state index in [4.69, 9.17) is 5.73 Å². The van der Waals surface area contributed by atoms with Gasteiger partial charge in [0.15, 0.2) is 0 Å². The summed E-state index contributed by atoms with van der Waals surface area (Å²) in [6.45, 7) is 4.87. The summed E-state index contributed by atoms with van der Waals surface area (Å²) < 4.78 is 0. The number of thioether (sulfide) groups is 2. The molecule has 1 aliphatic heterocycles. The van der Waals surface area contributed by atoms with E-state index >= 15 is 0 Å². The van der Waals surface area contributed by atoms with Crippen LogP contribution in [0.3, 0.4) is 0 Å². The maximum Gasteiger partial charge on any atom is 0.243 e. The summed E-state index contributed by atoms with van der Waals surface area (Å²) in [7, 11) is 0. The van der Waals surface area contributed by atoms with Crippen LogP contribution >= 0.6 is 23.5 Å². The first-order valence-corrected chi connectivity index (χ1v) is 14.6. The highest BCUT2D eigenvalue weighted by Gasteiger charge is 2.29. The van der Waals surface area contributed by atoms with E-state index in [0.717, 1.165) is 16.9 Å². The Bertz CT molecular complexity index is 977. The molecular weight excluding hydrogens is 514 g/mol. The summed E-state index contributed by atoms with van der Waals surface area (Å²) in [5.41, 5.74) is 7.74. The molecule has 0 radical (unpaired) electrons. The van der Waals surface area contributed by atoms with Crippen LogP contribution in [0.1, 0.15) is 44.7 Å². The molecule has 0 unspecified atom stereocenters. The first-order chi connectivity index (χ1) is 17.6. The molecular formula is C25H37N5O5S2. The predicted octanol–water partition coefficient (Wildman–Crippen LogP) is 0.679. The van der Waals surface area contributed by atoms with Gasteiger partial charge in [0.2, 0.25) is 29.5 Å². The minimum Gasteiger partial charge on any atom is -0.368 e. The van der Waals surface area contributed by atoms with Gasteiger partial charge in [0.1, 0.15) is 18.1 Å². The third kappa shape index (κ3) is 10.6. The van der Waals surface area contributed by atoms with E-state index in [1.165, 1.54) is 11.8 Å². The zero-order valence-electron chi connectivity index (χ0n) is 21.5. The normalized spacial score (nSPS) is 24.2. The van der Waals surface area contributed by atoms with Crippen molar-refractivity contribution >= 4 is 53.1 Å². The van der Waals surface area contributed by atoms with E-state index in [1.54, 1.807) is 18.7 Å². The van der Waals surface area contributed by atoms with Gasteiger partial charge in [-0.2, -0.15) is 23.5 Å². The highest BCUT2D eigenvalue weighted by Crippen LogP contribution is 2.19. The molecule has 10 nitrogen and oxygen atoms in total. The predicted molar refractivity (Wildman–Crippen MR) is 147 cm³/mol. The molecule has 37 heavy (non-hydrogen) atoms. The first-order valence-electron chi connectivity index (χ1n) is 12.3. The number of hydrogen-bond donors (Lipinski definition) is 5. The van der Waals surface area contributed by atoms with Gasteiger partial charge in [0, 0.05) is 29.4 Å². The molecule has 1 aliphatic rings. The lowest BCUT2D eigenvalue weighted by molar-refractivity contribution is -0.133. The number of primary amides is 1. The number of nitrogens with one attached hydrogen (secondary N) is 4. The van der Waals surface area contributed by atoms with Crippen molar-refractivity contribution in [2.24, 2.45) is 11.7 Å². The quantitative estimate of drug-likeness (QED) is 0.369. The van der Waals surface area contributed by atoms with Crippen LogP contribution in [0.25, 0.3) is 0 Å². The highest BCUT2D eigenvalue weighted by atomic mass is 32.2. The minimum absolute atomic E-state index is 0.231. The van der Waals surface area contributed by atoms with Gasteiger partial charge in [-0.25, -0.2) is 0 Å². The largest absolute Gasteiger partial charge is 0.368 e. The molecule has 1 aromatic rings. The van der Waals surface area contributed by atoms with Gasteiger partial charge in [-0.1, -0.05) is 44.5 Å². The number of hydrogen-bond acceptors (Lipinski definition) is 7. The van der Waals surface area contributed by atoms with Gasteiger partial charge in [-0.15, -0.1) is 0 Å². The Morgan fingerprint density at radius 1 is 1.03 bits per heavy atom. The Labute approximate surface area is 226 Å². The maximum atomic E-state index is 13.0. The van der Waals surface area contributed by atoms with Crippen molar-refractivity contribution in [1.82, 2.24) is 21.3 Å². The van der Waals surface area contributed by atoms with E-state index in [-0.39, 0.29) is 30.5 Å². The van der Waals surface area contributed by atoms with Crippen LogP contribution in [0, 0.1) is 5.92 Å². The molecule has 0 aromatic heterocycles. The summed E-state index contributed by atoms with van der Waals surface area (Å²) in [5, 5.41) is 10.5. The number of nitrogens with two attached hydrogens (primary N) is 1. The van der Waals surface area contributed by atoms with E-state index in [1.807, 2.05) is 32.0 Å². The van der Waals surface area contributed by atoms with Crippen LogP contribution in [0.2, 0.25) is 0 Å². The molecule has 2 bridgehead atoms. The summed E-state index contributed by atoms with van der Waals surface area (Å²) in [5.74, 6) is -0.477. The monoisotopic (exact) mass is 551 g/mol. The molecule has 204 valence electrons. The molecule has 2 rings (SSSR count). The number of carbonyl (C=O) groups excluding carboxylic acids is 5. The second-order valence-corrected chi connectivity index (χ2v) is 11.2. The topological polar surface area (TPSA) is 159 Å². The van der Waals surface area contributed by atoms with Gasteiger partial charge in [0.05, 0.1) is 6.54 Å². The standard InChI is InChI=1S/C25H37N5O5S2/c1-4-15(2)22-25(35)29-19(23(26)33)14-37-13-18-7-5-6-17(10-18)12-36-9-8-20(31)28-16(3)24(34)27-11-21(32)30-22/h5-7,10,15-16,19,22H,4,8-9,11-14H2,1-3H3,(H2,26,33)(H,27,34)(H,28,31)(H,29,35)(H,30,32)/t15-,16-,19-,22-/m0/s1. The van der Waals surface area contributed by atoms with Crippen LogP contribution in [0.15, 0.2) is 24.3 Å². The summed E-state index contributed by atoms with van der Waals surface area (Å²) in [6, 6.07) is 5.41. The molecule has 1 aromatic carbocycles. The van der Waals surface area contributed by atoms with Crippen molar-refractivity contribution in [3.8, 4) is 0 Å². The SMILES string of the molecule is CC[C@H](C)[C@@H]1NC(=O)CNC(=O)[C@H](C)NC(=O)CCSCc2cccc(c2)CSC[C@@H](C(N)=O)NC1=O. The van der Waals surface area contributed by atoms with E-state index in [2.05, 4.69) is 27.3 Å². The van der Waals surface area contributed by atoms with Gasteiger partial charge < -0.3 is 27.0 Å². The summed E-state index contributed by atoms with van der Waals surface area (Å²) in [6.07, 6.45) is 0.858. The number of rotatable bonds is 3. The Morgan fingerprint density at radius 3 is 2.35 bits per heavy atom. The average Bonchev–Trinajstić information content (AvgIpc) is 2.86. The van der Waals surface area contributed by atoms with Crippen molar-refractivity contribution in [3.63, 3.8) is 0 Å². The zero-order valence-corrected chi connectivity index (χ0v) is 23.1. The van der Waals surface area contributed by atoms with Crippen LogP contribution < -0.4 is 27.0 Å². The molecule has 0 fully saturated rings. The third-order valence-corrected chi connectivity index (χ3v) is 8.09. The molecule has 0 saturated carbocycles. The first kappa shape index (κ1) is 30.5. The molecule has 5 amide bonds. The molecule has 0 aliphatic carbocycles. The lowest BCUT2D eigenvalue weighted by Crippen LogP contribution is -2.57. The maximum absolute atomic E-state index is 13.0. The number of fused-ring (bicyclic) bond motifs is 2. The lowest BCUT2D eigenvalue weighted by Gasteiger charge is -2.26. The van der Waals surface area contributed by atoms with Gasteiger partial charge in [-0.05, 0) is 24.0 Å². The number of amides is 5. The van der Waals surface area contributed by atoms with Crippen molar-refractivity contribution in [2.45, 2.75) is 63.2 Å².